The maximum atomic E-state index is 10.6. The molecule has 1 aromatic carbocycles. The Morgan fingerprint density at radius 2 is 1.67 bits per heavy atom. The van der Waals surface area contributed by atoms with Crippen molar-refractivity contribution in [1.82, 2.24) is 0 Å². The quantitative estimate of drug-likeness (QED) is 0.839. The molecule has 1 N–H and O–H groups in total. The van der Waals surface area contributed by atoms with E-state index in [2.05, 4.69) is 18.2 Å². The van der Waals surface area contributed by atoms with Crippen molar-refractivity contribution in [2.75, 3.05) is 0 Å². The molecule has 0 amide bonds. The number of hydrogen-bond acceptors (Lipinski definition) is 1. The van der Waals surface area contributed by atoms with Crippen LogP contribution in [-0.2, 0) is 12.8 Å². The Morgan fingerprint density at radius 3 is 2.44 bits per heavy atom. The van der Waals surface area contributed by atoms with Crippen LogP contribution in [0, 0.1) is 17.8 Å². The second kappa shape index (κ2) is 4.09. The predicted molar refractivity (Wildman–Crippen MR) is 72.4 cm³/mol. The summed E-state index contributed by atoms with van der Waals surface area (Å²) < 4.78 is 0. The molecule has 0 heterocycles. The van der Waals surface area contributed by atoms with E-state index < -0.39 is 0 Å². The Labute approximate surface area is 109 Å². The highest BCUT2D eigenvalue weighted by Gasteiger charge is 2.55. The van der Waals surface area contributed by atoms with Crippen LogP contribution in [0.1, 0.15) is 54.9 Å². The molecule has 1 heteroatoms. The second-order valence-corrected chi connectivity index (χ2v) is 6.52. The molecule has 3 unspecified atom stereocenters. The Kier molecular flexibility index (Phi) is 2.51. The van der Waals surface area contributed by atoms with Gasteiger partial charge in [-0.1, -0.05) is 24.6 Å². The lowest BCUT2D eigenvalue weighted by Crippen LogP contribution is -2.08. The molecule has 0 radical (unpaired) electrons. The first-order valence-electron chi connectivity index (χ1n) is 7.64. The van der Waals surface area contributed by atoms with Crippen LogP contribution in [0.4, 0.5) is 0 Å². The van der Waals surface area contributed by atoms with Gasteiger partial charge in [0.15, 0.2) is 0 Å². The van der Waals surface area contributed by atoms with Gasteiger partial charge in [-0.3, -0.25) is 0 Å². The molecule has 1 aromatic rings. The van der Waals surface area contributed by atoms with Crippen molar-refractivity contribution >= 4 is 0 Å². The molecule has 0 bridgehead atoms. The van der Waals surface area contributed by atoms with Gasteiger partial charge in [-0.15, -0.1) is 0 Å². The summed E-state index contributed by atoms with van der Waals surface area (Å²) in [6, 6.07) is 6.75. The summed E-state index contributed by atoms with van der Waals surface area (Å²) in [5.74, 6) is 2.27. The fourth-order valence-electron chi connectivity index (χ4n) is 4.50. The standard InChI is InChI=1S/C17H22O/c18-17(16-14-6-3-7-15(14)16)13-9-8-11-4-1-2-5-12(11)10-13/h8-10,14-18H,1-7H2. The van der Waals surface area contributed by atoms with Gasteiger partial charge in [0, 0.05) is 0 Å². The molecule has 4 rings (SSSR count). The van der Waals surface area contributed by atoms with Gasteiger partial charge in [-0.2, -0.15) is 0 Å². The minimum Gasteiger partial charge on any atom is -0.388 e. The number of benzene rings is 1. The fraction of sp³-hybridized carbons (Fsp3) is 0.647. The average molecular weight is 242 g/mol. The third-order valence-corrected chi connectivity index (χ3v) is 5.55. The van der Waals surface area contributed by atoms with Crippen molar-refractivity contribution in [2.24, 2.45) is 17.8 Å². The molecule has 0 saturated heterocycles. The van der Waals surface area contributed by atoms with Crippen LogP contribution >= 0.6 is 0 Å². The minimum atomic E-state index is -0.187. The van der Waals surface area contributed by atoms with E-state index in [1.807, 2.05) is 0 Å². The maximum absolute atomic E-state index is 10.6. The van der Waals surface area contributed by atoms with Crippen molar-refractivity contribution in [3.63, 3.8) is 0 Å². The summed E-state index contributed by atoms with van der Waals surface area (Å²) in [5.41, 5.74) is 4.21. The van der Waals surface area contributed by atoms with E-state index in [4.69, 9.17) is 0 Å². The normalized spacial score (nSPS) is 34.8. The van der Waals surface area contributed by atoms with Crippen LogP contribution in [0.5, 0.6) is 0 Å². The van der Waals surface area contributed by atoms with E-state index in [-0.39, 0.29) is 6.10 Å². The van der Waals surface area contributed by atoms with Crippen LogP contribution in [0.25, 0.3) is 0 Å². The summed E-state index contributed by atoms with van der Waals surface area (Å²) in [6.45, 7) is 0. The molecule has 2 fully saturated rings. The molecule has 3 aliphatic carbocycles. The molecule has 3 aliphatic rings. The van der Waals surface area contributed by atoms with Crippen molar-refractivity contribution in [2.45, 2.75) is 51.0 Å². The summed E-state index contributed by atoms with van der Waals surface area (Å²) in [5, 5.41) is 10.6. The summed E-state index contributed by atoms with van der Waals surface area (Å²) in [7, 11) is 0. The zero-order chi connectivity index (χ0) is 12.1. The largest absolute Gasteiger partial charge is 0.388 e. The van der Waals surface area contributed by atoms with Crippen LogP contribution in [0.2, 0.25) is 0 Å². The monoisotopic (exact) mass is 242 g/mol. The van der Waals surface area contributed by atoms with E-state index >= 15 is 0 Å². The fourth-order valence-corrected chi connectivity index (χ4v) is 4.50. The van der Waals surface area contributed by atoms with Crippen LogP contribution in [0.15, 0.2) is 18.2 Å². The Hall–Kier alpha value is -0.820. The second-order valence-electron chi connectivity index (χ2n) is 6.52. The summed E-state index contributed by atoms with van der Waals surface area (Å²) in [6.07, 6.45) is 9.03. The molecule has 0 aromatic heterocycles. The molecule has 0 aliphatic heterocycles. The van der Waals surface area contributed by atoms with Gasteiger partial charge in [0.2, 0.25) is 0 Å². The van der Waals surface area contributed by atoms with Crippen molar-refractivity contribution in [1.29, 1.82) is 0 Å². The van der Waals surface area contributed by atoms with E-state index in [1.54, 1.807) is 0 Å². The number of aliphatic hydroxyl groups excluding tert-OH is 1. The van der Waals surface area contributed by atoms with Gasteiger partial charge in [0.25, 0.3) is 0 Å². The third kappa shape index (κ3) is 1.64. The highest BCUT2D eigenvalue weighted by molar-refractivity contribution is 5.35. The highest BCUT2D eigenvalue weighted by Crippen LogP contribution is 2.62. The van der Waals surface area contributed by atoms with E-state index in [0.717, 1.165) is 11.8 Å². The Morgan fingerprint density at radius 1 is 0.944 bits per heavy atom. The summed E-state index contributed by atoms with van der Waals surface area (Å²) >= 11 is 0. The minimum absolute atomic E-state index is 0.187. The Balaban J connectivity index is 1.57. The molecular weight excluding hydrogens is 220 g/mol. The molecule has 2 saturated carbocycles. The first-order chi connectivity index (χ1) is 8.84. The van der Waals surface area contributed by atoms with E-state index in [0.29, 0.717) is 5.92 Å². The van der Waals surface area contributed by atoms with E-state index in [9.17, 15) is 5.11 Å². The Bertz CT molecular complexity index is 455. The van der Waals surface area contributed by atoms with Gasteiger partial charge in [-0.05, 0) is 73.0 Å². The maximum Gasteiger partial charge on any atom is 0.0823 e. The average Bonchev–Trinajstić information content (AvgIpc) is 2.90. The van der Waals surface area contributed by atoms with Gasteiger partial charge < -0.3 is 5.11 Å². The predicted octanol–water partition coefficient (Wildman–Crippen LogP) is 3.64. The van der Waals surface area contributed by atoms with Crippen LogP contribution in [0.3, 0.4) is 0 Å². The molecule has 3 atom stereocenters. The lowest BCUT2D eigenvalue weighted by Gasteiger charge is -2.19. The van der Waals surface area contributed by atoms with Gasteiger partial charge in [-0.25, -0.2) is 0 Å². The van der Waals surface area contributed by atoms with Crippen molar-refractivity contribution in [3.8, 4) is 0 Å². The zero-order valence-corrected chi connectivity index (χ0v) is 10.9. The highest BCUT2D eigenvalue weighted by atomic mass is 16.3. The van der Waals surface area contributed by atoms with Crippen molar-refractivity contribution in [3.05, 3.63) is 34.9 Å². The zero-order valence-electron chi connectivity index (χ0n) is 10.9. The SMILES string of the molecule is OC(c1ccc2c(c1)CCCC2)C1C2CCCC21. The van der Waals surface area contributed by atoms with Crippen LogP contribution in [-0.4, -0.2) is 5.11 Å². The van der Waals surface area contributed by atoms with Crippen LogP contribution < -0.4 is 0 Å². The number of fused-ring (bicyclic) bond motifs is 2. The first kappa shape index (κ1) is 11.0. The number of aliphatic hydroxyl groups is 1. The summed E-state index contributed by atoms with van der Waals surface area (Å²) in [4.78, 5) is 0. The molecule has 18 heavy (non-hydrogen) atoms. The molecule has 96 valence electrons. The first-order valence-corrected chi connectivity index (χ1v) is 7.64. The molecule has 1 nitrogen and oxygen atoms in total. The topological polar surface area (TPSA) is 20.2 Å². The van der Waals surface area contributed by atoms with E-state index in [1.165, 1.54) is 61.6 Å². The number of aryl methyl sites for hydroxylation is 2. The lowest BCUT2D eigenvalue weighted by molar-refractivity contribution is 0.137. The van der Waals surface area contributed by atoms with Gasteiger partial charge in [0.1, 0.15) is 0 Å². The van der Waals surface area contributed by atoms with Crippen molar-refractivity contribution < 1.29 is 5.11 Å². The van der Waals surface area contributed by atoms with Gasteiger partial charge in [0.05, 0.1) is 6.10 Å². The molecule has 0 spiro atoms. The lowest BCUT2D eigenvalue weighted by atomic mass is 9.88. The number of rotatable bonds is 2. The third-order valence-electron chi connectivity index (χ3n) is 5.55. The molecular formula is C17H22O. The smallest absolute Gasteiger partial charge is 0.0823 e. The van der Waals surface area contributed by atoms with Gasteiger partial charge >= 0.3 is 0 Å². The number of hydrogen-bond donors (Lipinski definition) is 1.